The van der Waals surface area contributed by atoms with Gasteiger partial charge in [0.05, 0.1) is 6.33 Å². The highest BCUT2D eigenvalue weighted by Gasteiger charge is 2.09. The lowest BCUT2D eigenvalue weighted by molar-refractivity contribution is 0.371. The molecule has 0 saturated heterocycles. The summed E-state index contributed by atoms with van der Waals surface area (Å²) in [7, 11) is 0. The zero-order valence-corrected chi connectivity index (χ0v) is 8.89. The zero-order chi connectivity index (χ0) is 11.5. The normalized spacial score (nSPS) is 10.6. The predicted molar refractivity (Wildman–Crippen MR) is 58.9 cm³/mol. The Labute approximate surface area is 97.0 Å². The summed E-state index contributed by atoms with van der Waals surface area (Å²) in [5.74, 6) is 1.03. The summed E-state index contributed by atoms with van der Waals surface area (Å²) < 4.78 is 7.00. The van der Waals surface area contributed by atoms with Crippen molar-refractivity contribution >= 4 is 0 Å². The van der Waals surface area contributed by atoms with E-state index in [2.05, 4.69) is 20.1 Å². The molecule has 0 unspecified atom stereocenters. The van der Waals surface area contributed by atoms with Crippen LogP contribution in [-0.4, -0.2) is 24.7 Å². The van der Waals surface area contributed by atoms with Crippen molar-refractivity contribution in [1.29, 1.82) is 0 Å². The molecule has 6 nitrogen and oxygen atoms in total. The molecule has 0 fully saturated rings. The third-order valence-electron chi connectivity index (χ3n) is 2.24. The van der Waals surface area contributed by atoms with Crippen LogP contribution >= 0.6 is 0 Å². The molecule has 0 N–H and O–H groups in total. The molecule has 17 heavy (non-hydrogen) atoms. The summed E-state index contributed by atoms with van der Waals surface area (Å²) in [6, 6.07) is 5.57. The van der Waals surface area contributed by atoms with Crippen LogP contribution in [0.2, 0.25) is 0 Å². The summed E-state index contributed by atoms with van der Waals surface area (Å²) in [5.41, 5.74) is 0.702. The molecule has 0 aliphatic rings. The van der Waals surface area contributed by atoms with Gasteiger partial charge in [-0.1, -0.05) is 11.2 Å². The number of hydrogen-bond acceptors (Lipinski definition) is 5. The Balaban J connectivity index is 1.84. The van der Waals surface area contributed by atoms with Crippen LogP contribution in [0.4, 0.5) is 0 Å². The third kappa shape index (κ3) is 2.05. The molecular formula is C11H9N5O. The fourth-order valence-electron chi connectivity index (χ4n) is 1.45. The van der Waals surface area contributed by atoms with Gasteiger partial charge in [-0.25, -0.2) is 4.98 Å². The molecule has 3 heterocycles. The van der Waals surface area contributed by atoms with Crippen molar-refractivity contribution < 1.29 is 4.52 Å². The fraction of sp³-hybridized carbons (Fsp3) is 0.0909. The number of rotatable bonds is 3. The van der Waals surface area contributed by atoms with Crippen molar-refractivity contribution in [3.63, 3.8) is 0 Å². The Bertz CT molecular complexity index is 587. The standard InChI is InChI=1S/C11H9N5O/c1-2-4-13-9(3-1)11-14-10(17-15-11)7-16-6-5-12-8-16/h1-6,8H,7H2. The summed E-state index contributed by atoms with van der Waals surface area (Å²) >= 11 is 0. The van der Waals surface area contributed by atoms with Crippen LogP contribution in [0.3, 0.4) is 0 Å². The first kappa shape index (κ1) is 9.71. The molecule has 6 heteroatoms. The summed E-state index contributed by atoms with van der Waals surface area (Å²) in [6.07, 6.45) is 6.94. The highest BCUT2D eigenvalue weighted by molar-refractivity contribution is 5.46. The molecule has 3 aromatic heterocycles. The molecule has 0 radical (unpaired) electrons. The number of nitrogens with zero attached hydrogens (tertiary/aromatic N) is 5. The second-order valence-corrected chi connectivity index (χ2v) is 3.46. The highest BCUT2D eigenvalue weighted by Crippen LogP contribution is 2.12. The minimum Gasteiger partial charge on any atom is -0.337 e. The first-order valence-electron chi connectivity index (χ1n) is 5.11. The molecule has 84 valence electrons. The minimum atomic E-state index is 0.501. The molecule has 0 saturated carbocycles. The average Bonchev–Trinajstić information content (AvgIpc) is 3.02. The second kappa shape index (κ2) is 4.17. The summed E-state index contributed by atoms with van der Waals surface area (Å²) in [5, 5.41) is 3.88. The summed E-state index contributed by atoms with van der Waals surface area (Å²) in [6.45, 7) is 0.514. The van der Waals surface area contributed by atoms with Crippen molar-refractivity contribution in [2.45, 2.75) is 6.54 Å². The molecule has 0 bridgehead atoms. The van der Waals surface area contributed by atoms with Crippen molar-refractivity contribution in [3.8, 4) is 11.5 Å². The van der Waals surface area contributed by atoms with Gasteiger partial charge in [-0.15, -0.1) is 0 Å². The van der Waals surface area contributed by atoms with Crippen LogP contribution < -0.4 is 0 Å². The van der Waals surface area contributed by atoms with Crippen LogP contribution in [0, 0.1) is 0 Å². The van der Waals surface area contributed by atoms with Crippen molar-refractivity contribution in [3.05, 3.63) is 49.0 Å². The Kier molecular flexibility index (Phi) is 2.38. The molecule has 0 amide bonds. The Morgan fingerprint density at radius 1 is 1.24 bits per heavy atom. The van der Waals surface area contributed by atoms with E-state index < -0.39 is 0 Å². The van der Waals surface area contributed by atoms with Gasteiger partial charge in [0.15, 0.2) is 0 Å². The van der Waals surface area contributed by atoms with E-state index in [1.165, 1.54) is 0 Å². The number of pyridine rings is 1. The molecule has 0 aliphatic carbocycles. The van der Waals surface area contributed by atoms with Gasteiger partial charge >= 0.3 is 0 Å². The topological polar surface area (TPSA) is 69.6 Å². The van der Waals surface area contributed by atoms with Gasteiger partial charge in [-0.05, 0) is 12.1 Å². The fourth-order valence-corrected chi connectivity index (χ4v) is 1.45. The first-order valence-corrected chi connectivity index (χ1v) is 5.11. The maximum atomic E-state index is 5.14. The van der Waals surface area contributed by atoms with E-state index in [0.29, 0.717) is 24.0 Å². The van der Waals surface area contributed by atoms with Crippen LogP contribution in [0.15, 0.2) is 47.6 Å². The van der Waals surface area contributed by atoms with Gasteiger partial charge in [0.2, 0.25) is 11.7 Å². The smallest absolute Gasteiger partial charge is 0.246 e. The lowest BCUT2D eigenvalue weighted by Gasteiger charge is -1.93. The lowest BCUT2D eigenvalue weighted by atomic mass is 10.3. The largest absolute Gasteiger partial charge is 0.337 e. The Morgan fingerprint density at radius 3 is 3.00 bits per heavy atom. The highest BCUT2D eigenvalue weighted by atomic mass is 16.5. The molecule has 3 rings (SSSR count). The van der Waals surface area contributed by atoms with Gasteiger partial charge in [0.25, 0.3) is 0 Å². The van der Waals surface area contributed by atoms with E-state index in [9.17, 15) is 0 Å². The first-order chi connectivity index (χ1) is 8.42. The molecule has 0 aromatic carbocycles. The van der Waals surface area contributed by atoms with Crippen molar-refractivity contribution in [2.24, 2.45) is 0 Å². The minimum absolute atomic E-state index is 0.501. The van der Waals surface area contributed by atoms with E-state index in [1.54, 1.807) is 18.7 Å². The molecule has 3 aromatic rings. The van der Waals surface area contributed by atoms with Crippen LogP contribution in [0.5, 0.6) is 0 Å². The van der Waals surface area contributed by atoms with E-state index in [-0.39, 0.29) is 0 Å². The van der Waals surface area contributed by atoms with E-state index in [1.807, 2.05) is 29.0 Å². The number of imidazole rings is 1. The lowest BCUT2D eigenvalue weighted by Crippen LogP contribution is -1.96. The second-order valence-electron chi connectivity index (χ2n) is 3.46. The van der Waals surface area contributed by atoms with E-state index in [0.717, 1.165) is 0 Å². The predicted octanol–water partition coefficient (Wildman–Crippen LogP) is 1.38. The maximum absolute atomic E-state index is 5.14. The van der Waals surface area contributed by atoms with Gasteiger partial charge in [0, 0.05) is 18.6 Å². The Hall–Kier alpha value is -2.50. The summed E-state index contributed by atoms with van der Waals surface area (Å²) in [4.78, 5) is 12.4. The molecule has 0 aliphatic heterocycles. The molecule has 0 atom stereocenters. The van der Waals surface area contributed by atoms with Crippen molar-refractivity contribution in [2.75, 3.05) is 0 Å². The van der Waals surface area contributed by atoms with Crippen LogP contribution in [0.1, 0.15) is 5.89 Å². The quantitative estimate of drug-likeness (QED) is 0.676. The molecular weight excluding hydrogens is 218 g/mol. The number of aromatic nitrogens is 5. The van der Waals surface area contributed by atoms with E-state index in [4.69, 9.17) is 4.52 Å². The average molecular weight is 227 g/mol. The SMILES string of the molecule is c1ccc(-c2noc(Cn3ccnc3)n2)nc1. The third-order valence-corrected chi connectivity index (χ3v) is 2.24. The van der Waals surface area contributed by atoms with Crippen LogP contribution in [-0.2, 0) is 6.54 Å². The van der Waals surface area contributed by atoms with Crippen molar-refractivity contribution in [1.82, 2.24) is 24.7 Å². The monoisotopic (exact) mass is 227 g/mol. The molecule has 0 spiro atoms. The van der Waals surface area contributed by atoms with Gasteiger partial charge < -0.3 is 9.09 Å². The van der Waals surface area contributed by atoms with E-state index >= 15 is 0 Å². The van der Waals surface area contributed by atoms with Gasteiger partial charge in [0.1, 0.15) is 12.2 Å². The number of hydrogen-bond donors (Lipinski definition) is 0. The van der Waals surface area contributed by atoms with Gasteiger partial charge in [-0.3, -0.25) is 4.98 Å². The Morgan fingerprint density at radius 2 is 2.24 bits per heavy atom. The van der Waals surface area contributed by atoms with Crippen LogP contribution in [0.25, 0.3) is 11.5 Å². The zero-order valence-electron chi connectivity index (χ0n) is 8.89. The maximum Gasteiger partial charge on any atom is 0.246 e. The van der Waals surface area contributed by atoms with Gasteiger partial charge in [-0.2, -0.15) is 4.98 Å².